The topological polar surface area (TPSA) is 124 Å². The lowest BCUT2D eigenvalue weighted by molar-refractivity contribution is -0.179. The molecule has 0 amide bonds. The number of hydrogen-bond acceptors (Lipinski definition) is 8. The number of halogens is 1. The molecule has 0 radical (unpaired) electrons. The number of esters is 1. The fourth-order valence-corrected chi connectivity index (χ4v) is 2.17. The van der Waals surface area contributed by atoms with Gasteiger partial charge in [-0.3, -0.25) is 0 Å². The molecule has 1 rings (SSSR count). The summed E-state index contributed by atoms with van der Waals surface area (Å²) in [7, 11) is 0. The lowest BCUT2D eigenvalue weighted by Crippen LogP contribution is -2.40. The molecule has 1 heterocycles. The highest BCUT2D eigenvalue weighted by Crippen LogP contribution is 2.27. The summed E-state index contributed by atoms with van der Waals surface area (Å²) in [5, 5.41) is 12.8. The molecule has 0 unspecified atom stereocenters. The first-order valence-corrected chi connectivity index (χ1v) is 7.68. The normalized spacial score (nSPS) is 12.9. The number of thiazole rings is 1. The summed E-state index contributed by atoms with van der Waals surface area (Å²) in [6.07, 6.45) is 0. The average Bonchev–Trinajstić information content (AvgIpc) is 2.66. The van der Waals surface area contributed by atoms with Crippen molar-refractivity contribution in [3.8, 4) is 0 Å². The van der Waals surface area contributed by atoms with Crippen LogP contribution in [-0.2, 0) is 19.2 Å². The van der Waals surface area contributed by atoms with Gasteiger partial charge in [-0.05, 0) is 34.6 Å². The van der Waals surface area contributed by atoms with Crippen LogP contribution in [0.5, 0.6) is 0 Å². The van der Waals surface area contributed by atoms with Gasteiger partial charge in [-0.2, -0.15) is 0 Å². The summed E-state index contributed by atoms with van der Waals surface area (Å²) in [5.74, 6) is -2.11. The maximum Gasteiger partial charge on any atom is 0.360 e. The zero-order chi connectivity index (χ0) is 18.0. The molecule has 0 bridgehead atoms. The molecule has 8 nitrogen and oxygen atoms in total. The number of nitrogens with zero attached hydrogens (tertiary/aromatic N) is 2. The van der Waals surface area contributed by atoms with Gasteiger partial charge in [0.15, 0.2) is 5.13 Å². The van der Waals surface area contributed by atoms with Gasteiger partial charge in [0.05, 0.1) is 0 Å². The Morgan fingerprint density at radius 1 is 1.30 bits per heavy atom. The number of carbonyl (C=O) groups is 2. The van der Waals surface area contributed by atoms with Crippen molar-refractivity contribution in [2.24, 2.45) is 5.16 Å². The second-order valence-electron chi connectivity index (χ2n) is 6.02. The van der Waals surface area contributed by atoms with Crippen molar-refractivity contribution in [1.29, 1.82) is 0 Å². The Balaban J connectivity index is 3.04. The lowest BCUT2D eigenvalue weighted by atomic mass is 10.1. The molecule has 10 heteroatoms. The van der Waals surface area contributed by atoms with Crippen LogP contribution >= 0.6 is 22.9 Å². The average molecular weight is 364 g/mol. The number of rotatable bonds is 5. The second kappa shape index (κ2) is 6.71. The number of nitrogens with two attached hydrogens (primary N) is 1. The van der Waals surface area contributed by atoms with Crippen LogP contribution in [-0.4, -0.2) is 38.9 Å². The van der Waals surface area contributed by atoms with E-state index in [1.807, 2.05) is 0 Å². The summed E-state index contributed by atoms with van der Waals surface area (Å²) in [6, 6.07) is 0. The van der Waals surface area contributed by atoms with Crippen molar-refractivity contribution in [2.75, 3.05) is 5.73 Å². The third-order valence-corrected chi connectivity index (χ3v) is 3.37. The number of hydrogen-bond donors (Lipinski definition) is 2. The minimum atomic E-state index is -1.50. The molecule has 0 saturated heterocycles. The summed E-state index contributed by atoms with van der Waals surface area (Å²) >= 11 is 6.77. The van der Waals surface area contributed by atoms with Crippen LogP contribution in [0.2, 0.25) is 4.34 Å². The van der Waals surface area contributed by atoms with E-state index in [4.69, 9.17) is 26.9 Å². The van der Waals surface area contributed by atoms with Crippen molar-refractivity contribution < 1.29 is 24.3 Å². The fourth-order valence-electron chi connectivity index (χ4n) is 1.24. The Morgan fingerprint density at radius 3 is 2.26 bits per heavy atom. The highest BCUT2D eigenvalue weighted by Gasteiger charge is 2.36. The second-order valence-corrected chi connectivity index (χ2v) is 7.66. The van der Waals surface area contributed by atoms with Crippen LogP contribution in [0.15, 0.2) is 5.16 Å². The smallest absolute Gasteiger partial charge is 0.360 e. The summed E-state index contributed by atoms with van der Waals surface area (Å²) < 4.78 is 5.25. The highest BCUT2D eigenvalue weighted by molar-refractivity contribution is 7.19. The first-order valence-electron chi connectivity index (χ1n) is 6.48. The molecule has 0 spiro atoms. The summed E-state index contributed by atoms with van der Waals surface area (Å²) in [5.41, 5.74) is 2.58. The first kappa shape index (κ1) is 19.2. The number of aromatic nitrogens is 1. The van der Waals surface area contributed by atoms with Crippen molar-refractivity contribution in [2.45, 2.75) is 45.8 Å². The van der Waals surface area contributed by atoms with Crippen LogP contribution in [0.1, 0.15) is 40.3 Å². The van der Waals surface area contributed by atoms with E-state index in [0.29, 0.717) is 0 Å². The SMILES string of the molecule is CC(C)(C)OC(=O)C(C)(C)ON=C(C(=O)O)c1nc(N)sc1Cl. The van der Waals surface area contributed by atoms with Gasteiger partial charge >= 0.3 is 11.9 Å². The third kappa shape index (κ3) is 5.36. The minimum absolute atomic E-state index is 0.0577. The van der Waals surface area contributed by atoms with Gasteiger partial charge in [-0.25, -0.2) is 14.6 Å². The number of oxime groups is 1. The molecule has 0 fully saturated rings. The van der Waals surface area contributed by atoms with Crippen LogP contribution < -0.4 is 5.73 Å². The summed E-state index contributed by atoms with van der Waals surface area (Å²) in [4.78, 5) is 32.2. The lowest BCUT2D eigenvalue weighted by Gasteiger charge is -2.26. The molecule has 0 saturated carbocycles. The maximum atomic E-state index is 12.0. The zero-order valence-corrected chi connectivity index (χ0v) is 14.9. The largest absolute Gasteiger partial charge is 0.476 e. The molecule has 0 aliphatic rings. The molecule has 128 valence electrons. The van der Waals surface area contributed by atoms with E-state index in [1.54, 1.807) is 20.8 Å². The van der Waals surface area contributed by atoms with Crippen LogP contribution in [0.3, 0.4) is 0 Å². The molecule has 0 aliphatic carbocycles. The minimum Gasteiger partial charge on any atom is -0.476 e. The molecule has 0 atom stereocenters. The monoisotopic (exact) mass is 363 g/mol. The Hall–Kier alpha value is -1.87. The molecule has 0 aliphatic heterocycles. The van der Waals surface area contributed by atoms with E-state index in [0.717, 1.165) is 11.3 Å². The van der Waals surface area contributed by atoms with Gasteiger partial charge in [-0.15, -0.1) is 0 Å². The van der Waals surface area contributed by atoms with Crippen molar-refractivity contribution in [3.63, 3.8) is 0 Å². The van der Waals surface area contributed by atoms with E-state index >= 15 is 0 Å². The predicted molar refractivity (Wildman–Crippen MR) is 86.7 cm³/mol. The van der Waals surface area contributed by atoms with E-state index in [1.165, 1.54) is 13.8 Å². The number of aliphatic carboxylic acids is 1. The first-order chi connectivity index (χ1) is 10.3. The van der Waals surface area contributed by atoms with Crippen molar-refractivity contribution >= 4 is 45.7 Å². The van der Waals surface area contributed by atoms with Gasteiger partial charge in [-0.1, -0.05) is 28.1 Å². The van der Waals surface area contributed by atoms with Gasteiger partial charge in [0.2, 0.25) is 11.3 Å². The summed E-state index contributed by atoms with van der Waals surface area (Å²) in [6.45, 7) is 7.91. The predicted octanol–water partition coefficient (Wildman–Crippen LogP) is 2.30. The Morgan fingerprint density at radius 2 is 1.87 bits per heavy atom. The Labute approximate surface area is 142 Å². The molecule has 3 N–H and O–H groups in total. The molecular formula is C13H18ClN3O5S. The van der Waals surface area contributed by atoms with E-state index in [2.05, 4.69) is 10.1 Å². The number of carboxylic acids is 1. The van der Waals surface area contributed by atoms with E-state index in [9.17, 15) is 14.7 Å². The number of anilines is 1. The third-order valence-electron chi connectivity index (χ3n) is 2.28. The Bertz CT molecular complexity index is 649. The Kier molecular flexibility index (Phi) is 5.60. The van der Waals surface area contributed by atoms with Crippen molar-refractivity contribution in [1.82, 2.24) is 4.98 Å². The maximum absolute atomic E-state index is 12.0. The number of carboxylic acid groups (broad SMARTS) is 1. The van der Waals surface area contributed by atoms with Gasteiger partial charge in [0.1, 0.15) is 15.6 Å². The van der Waals surface area contributed by atoms with E-state index in [-0.39, 0.29) is 15.2 Å². The van der Waals surface area contributed by atoms with Crippen LogP contribution in [0.4, 0.5) is 5.13 Å². The fraction of sp³-hybridized carbons (Fsp3) is 0.538. The molecule has 0 aromatic carbocycles. The molecule has 23 heavy (non-hydrogen) atoms. The van der Waals surface area contributed by atoms with Crippen molar-refractivity contribution in [3.05, 3.63) is 10.0 Å². The van der Waals surface area contributed by atoms with Gasteiger partial charge in [0.25, 0.3) is 0 Å². The van der Waals surface area contributed by atoms with Gasteiger partial charge in [0, 0.05) is 0 Å². The van der Waals surface area contributed by atoms with Crippen LogP contribution in [0, 0.1) is 0 Å². The molecular weight excluding hydrogens is 346 g/mol. The molecule has 1 aromatic heterocycles. The van der Waals surface area contributed by atoms with Crippen LogP contribution in [0.25, 0.3) is 0 Å². The highest BCUT2D eigenvalue weighted by atomic mass is 35.5. The van der Waals surface area contributed by atoms with Gasteiger partial charge < -0.3 is 20.4 Å². The molecule has 1 aromatic rings. The standard InChI is InChI=1S/C13H18ClN3O5S/c1-12(2,3)21-10(20)13(4,5)22-17-7(9(18)19)6-8(14)23-11(15)16-6/h1-5H3,(H2,15,16)(H,18,19). The number of ether oxygens (including phenoxy) is 1. The number of carbonyl (C=O) groups excluding carboxylic acids is 1. The van der Waals surface area contributed by atoms with E-state index < -0.39 is 28.9 Å². The zero-order valence-electron chi connectivity index (χ0n) is 13.3. The quantitative estimate of drug-likeness (QED) is 0.467. The number of nitrogen functional groups attached to an aromatic ring is 1.